The van der Waals surface area contributed by atoms with E-state index in [1.807, 2.05) is 27.7 Å². The van der Waals surface area contributed by atoms with Crippen molar-refractivity contribution >= 4 is 33.1 Å². The predicted octanol–water partition coefficient (Wildman–Crippen LogP) is 4.11. The number of hydrogen-bond donors (Lipinski definition) is 2. The third-order valence-corrected chi connectivity index (χ3v) is 7.07. The van der Waals surface area contributed by atoms with Gasteiger partial charge in [-0.15, -0.1) is 5.10 Å². The van der Waals surface area contributed by atoms with E-state index in [4.69, 9.17) is 4.74 Å². The van der Waals surface area contributed by atoms with E-state index in [9.17, 15) is 18.0 Å². The van der Waals surface area contributed by atoms with Crippen LogP contribution >= 0.6 is 0 Å². The molecule has 0 bridgehead atoms. The molecule has 0 unspecified atom stereocenters. The van der Waals surface area contributed by atoms with Gasteiger partial charge in [-0.2, -0.15) is 0 Å². The molecule has 0 saturated heterocycles. The average molecular weight is 580 g/mol. The van der Waals surface area contributed by atoms with Gasteiger partial charge in [0.15, 0.2) is 17.4 Å². The van der Waals surface area contributed by atoms with Gasteiger partial charge in [0.25, 0.3) is 5.91 Å². The number of Topliss-reactive ketones (excluding diaryl/α,β-unsaturated/α-hetero) is 1. The first-order valence-electron chi connectivity index (χ1n) is 12.7. The summed E-state index contributed by atoms with van der Waals surface area (Å²) in [6, 6.07) is 8.63. The van der Waals surface area contributed by atoms with E-state index in [0.29, 0.717) is 34.2 Å². The third-order valence-electron chi connectivity index (χ3n) is 6.48. The molecule has 0 aliphatic rings. The van der Waals surface area contributed by atoms with Gasteiger partial charge < -0.3 is 14.6 Å². The number of nitrogens with zero attached hydrogens (tertiary/aromatic N) is 5. The van der Waals surface area contributed by atoms with E-state index in [1.165, 1.54) is 14.0 Å². The number of hydrogen-bond acceptors (Lipinski definition) is 8. The zero-order chi connectivity index (χ0) is 30.3. The maximum absolute atomic E-state index is 13.5. The largest absolute Gasteiger partial charge is 0.492 e. The summed E-state index contributed by atoms with van der Waals surface area (Å²) >= 11 is 0. The summed E-state index contributed by atoms with van der Waals surface area (Å²) in [6.07, 6.45) is 4.31. The minimum atomic E-state index is -3.61. The zero-order valence-corrected chi connectivity index (χ0v) is 25.0. The van der Waals surface area contributed by atoms with Crippen LogP contribution < -0.4 is 14.8 Å². The minimum Gasteiger partial charge on any atom is -0.492 e. The smallest absolute Gasteiger partial charge is 0.255 e. The van der Waals surface area contributed by atoms with Crippen molar-refractivity contribution in [1.82, 2.24) is 24.5 Å². The van der Waals surface area contributed by atoms with Crippen molar-refractivity contribution in [3.8, 4) is 22.8 Å². The number of rotatable bonds is 8. The van der Waals surface area contributed by atoms with Gasteiger partial charge in [0, 0.05) is 19.5 Å². The van der Waals surface area contributed by atoms with E-state index in [2.05, 4.69) is 25.3 Å². The number of aryl methyl sites for hydroxylation is 1. The standard InChI is InChI=1S/C28H33N7O5S/c1-16-9-10-18(11-23(16)35-15-22(31-33-35)24-14-29-26(17(2)36)34(24)6)27(37)30-20-12-19(28(3,4)5)13-21(25(20)40-7)32-41(8,38)39/h9-15,32H,1-8H3,(H,30,37). The van der Waals surface area contributed by atoms with E-state index in [0.717, 1.165) is 17.4 Å². The molecular weight excluding hydrogens is 546 g/mol. The lowest BCUT2D eigenvalue weighted by Crippen LogP contribution is -2.18. The van der Waals surface area contributed by atoms with E-state index in [-0.39, 0.29) is 22.6 Å². The van der Waals surface area contributed by atoms with Crippen molar-refractivity contribution in [2.24, 2.45) is 7.05 Å². The van der Waals surface area contributed by atoms with Crippen molar-refractivity contribution in [3.63, 3.8) is 0 Å². The summed E-state index contributed by atoms with van der Waals surface area (Å²) in [5, 5.41) is 11.4. The zero-order valence-electron chi connectivity index (χ0n) is 24.2. The first-order valence-corrected chi connectivity index (χ1v) is 14.6. The molecule has 0 atom stereocenters. The van der Waals surface area contributed by atoms with E-state index < -0.39 is 15.9 Å². The number of methoxy groups -OCH3 is 1. The highest BCUT2D eigenvalue weighted by Crippen LogP contribution is 2.39. The number of ether oxygens (including phenoxy) is 1. The number of aromatic nitrogens is 5. The Labute approximate surface area is 238 Å². The van der Waals surface area contributed by atoms with Gasteiger partial charge in [0.05, 0.1) is 48.5 Å². The molecule has 0 radical (unpaired) electrons. The number of carbonyl (C=O) groups excluding carboxylic acids is 2. The van der Waals surface area contributed by atoms with Crippen LogP contribution in [-0.2, 0) is 22.5 Å². The van der Waals surface area contributed by atoms with Crippen molar-refractivity contribution in [1.29, 1.82) is 0 Å². The number of ketones is 1. The SMILES string of the molecule is COc1c(NC(=O)c2ccc(C)c(-n3cc(-c4cnc(C(C)=O)n4C)nn3)c2)cc(C(C)(C)C)cc1NS(C)(=O)=O. The molecule has 4 rings (SSSR count). The maximum Gasteiger partial charge on any atom is 0.255 e. The monoisotopic (exact) mass is 579 g/mol. The summed E-state index contributed by atoms with van der Waals surface area (Å²) in [5.41, 5.74) is 3.93. The van der Waals surface area contributed by atoms with Crippen LogP contribution in [0.5, 0.6) is 5.75 Å². The Hall–Kier alpha value is -4.52. The Bertz CT molecular complexity index is 1760. The highest BCUT2D eigenvalue weighted by atomic mass is 32.2. The van der Waals surface area contributed by atoms with Gasteiger partial charge in [-0.25, -0.2) is 18.1 Å². The first kappa shape index (κ1) is 29.5. The number of nitrogens with one attached hydrogen (secondary N) is 2. The fourth-order valence-corrected chi connectivity index (χ4v) is 4.87. The highest BCUT2D eigenvalue weighted by molar-refractivity contribution is 7.92. The molecule has 1 amide bonds. The number of sulfonamides is 1. The average Bonchev–Trinajstić information content (AvgIpc) is 3.49. The van der Waals surface area contributed by atoms with Crippen LogP contribution in [0, 0.1) is 6.92 Å². The summed E-state index contributed by atoms with van der Waals surface area (Å²) in [4.78, 5) is 29.4. The van der Waals surface area contributed by atoms with Crippen LogP contribution in [0.3, 0.4) is 0 Å². The Morgan fingerprint density at radius 2 is 1.76 bits per heavy atom. The van der Waals surface area contributed by atoms with Crippen LogP contribution in [-0.4, -0.2) is 58.0 Å². The Balaban J connectivity index is 1.70. The van der Waals surface area contributed by atoms with E-state index in [1.54, 1.807) is 59.0 Å². The van der Waals surface area contributed by atoms with Crippen molar-refractivity contribution in [3.05, 3.63) is 65.2 Å². The molecule has 13 heteroatoms. The van der Waals surface area contributed by atoms with Crippen molar-refractivity contribution in [2.45, 2.75) is 40.0 Å². The van der Waals surface area contributed by atoms with Crippen LogP contribution in [0.1, 0.15) is 59.8 Å². The van der Waals surface area contributed by atoms with Gasteiger partial charge in [0.1, 0.15) is 5.69 Å². The number of amides is 1. The molecule has 216 valence electrons. The fraction of sp³-hybridized carbons (Fsp3) is 0.321. The predicted molar refractivity (Wildman–Crippen MR) is 156 cm³/mol. The topological polar surface area (TPSA) is 150 Å². The van der Waals surface area contributed by atoms with Crippen LogP contribution in [0.4, 0.5) is 11.4 Å². The third kappa shape index (κ3) is 6.30. The lowest BCUT2D eigenvalue weighted by Gasteiger charge is -2.24. The molecule has 0 aliphatic carbocycles. The van der Waals surface area contributed by atoms with Crippen LogP contribution in [0.25, 0.3) is 17.1 Å². The van der Waals surface area contributed by atoms with Crippen LogP contribution in [0.2, 0.25) is 0 Å². The Kier molecular flexibility index (Phi) is 7.76. The fourth-order valence-electron chi connectivity index (χ4n) is 4.32. The lowest BCUT2D eigenvalue weighted by atomic mass is 9.86. The highest BCUT2D eigenvalue weighted by Gasteiger charge is 2.23. The molecule has 2 aromatic carbocycles. The van der Waals surface area contributed by atoms with Crippen molar-refractivity contribution < 1.29 is 22.7 Å². The number of anilines is 2. The molecule has 0 fully saturated rings. The maximum atomic E-state index is 13.5. The quantitative estimate of drug-likeness (QED) is 0.296. The summed E-state index contributed by atoms with van der Waals surface area (Å²) in [7, 11) is -0.479. The number of benzene rings is 2. The summed E-state index contributed by atoms with van der Waals surface area (Å²) < 4.78 is 35.3. The van der Waals surface area contributed by atoms with Gasteiger partial charge in [-0.3, -0.25) is 14.3 Å². The molecule has 0 saturated carbocycles. The van der Waals surface area contributed by atoms with Gasteiger partial charge in [-0.1, -0.05) is 32.1 Å². The molecule has 2 N–H and O–H groups in total. The second-order valence-electron chi connectivity index (χ2n) is 10.8. The molecule has 2 heterocycles. The molecule has 4 aromatic rings. The first-order chi connectivity index (χ1) is 19.1. The van der Waals surface area contributed by atoms with Crippen molar-refractivity contribution in [2.75, 3.05) is 23.4 Å². The number of imidazole rings is 1. The normalized spacial score (nSPS) is 11.8. The van der Waals surface area contributed by atoms with Gasteiger partial charge in [0.2, 0.25) is 10.0 Å². The van der Waals surface area contributed by atoms with Gasteiger partial charge >= 0.3 is 0 Å². The summed E-state index contributed by atoms with van der Waals surface area (Å²) in [6.45, 7) is 9.27. The molecule has 0 aliphatic heterocycles. The second-order valence-corrected chi connectivity index (χ2v) is 12.6. The Morgan fingerprint density at radius 1 is 1.07 bits per heavy atom. The number of carbonyl (C=O) groups is 2. The van der Waals surface area contributed by atoms with Gasteiger partial charge in [-0.05, 0) is 47.7 Å². The molecule has 2 aromatic heterocycles. The molecule has 41 heavy (non-hydrogen) atoms. The Morgan fingerprint density at radius 3 is 2.34 bits per heavy atom. The minimum absolute atomic E-state index is 0.162. The lowest BCUT2D eigenvalue weighted by molar-refractivity contribution is 0.0998. The van der Waals surface area contributed by atoms with E-state index >= 15 is 0 Å². The molecule has 0 spiro atoms. The second kappa shape index (κ2) is 10.8. The summed E-state index contributed by atoms with van der Waals surface area (Å²) in [5.74, 6) is -0.0973. The van der Waals surface area contributed by atoms with Crippen LogP contribution in [0.15, 0.2) is 42.7 Å². The molecule has 12 nitrogen and oxygen atoms in total. The molecular formula is C28H33N7O5S.